The van der Waals surface area contributed by atoms with Crippen molar-refractivity contribution in [2.45, 2.75) is 18.9 Å². The number of hydrogen-bond donors (Lipinski definition) is 1. The number of thioether (sulfide) groups is 1. The van der Waals surface area contributed by atoms with Gasteiger partial charge in [-0.15, -0.1) is 0 Å². The molecule has 2 heterocycles. The Morgan fingerprint density at radius 2 is 1.85 bits per heavy atom. The molecule has 1 saturated carbocycles. The summed E-state index contributed by atoms with van der Waals surface area (Å²) in [5.74, 6) is -0.281. The highest BCUT2D eigenvalue weighted by Crippen LogP contribution is 2.33. The van der Waals surface area contributed by atoms with E-state index in [1.54, 1.807) is 6.08 Å². The Hall–Kier alpha value is -3.65. The van der Waals surface area contributed by atoms with Gasteiger partial charge in [-0.05, 0) is 48.4 Å². The van der Waals surface area contributed by atoms with Gasteiger partial charge in [0.1, 0.15) is 11.3 Å². The van der Waals surface area contributed by atoms with Gasteiger partial charge >= 0.3 is 5.97 Å². The third-order valence-electron chi connectivity index (χ3n) is 4.91. The quantitative estimate of drug-likeness (QED) is 0.456. The average molecular weight is 462 g/mol. The van der Waals surface area contributed by atoms with Gasteiger partial charge in [0, 0.05) is 11.6 Å². The van der Waals surface area contributed by atoms with Crippen LogP contribution in [0.3, 0.4) is 0 Å². The van der Waals surface area contributed by atoms with Crippen molar-refractivity contribution in [3.8, 4) is 5.75 Å². The molecule has 1 N–H and O–H groups in total. The highest BCUT2D eigenvalue weighted by molar-refractivity contribution is 8.18. The van der Waals surface area contributed by atoms with E-state index in [0.717, 1.165) is 18.4 Å². The Kier molecular flexibility index (Phi) is 7.04. The van der Waals surface area contributed by atoms with Crippen LogP contribution in [0, 0.1) is 0 Å². The second-order valence-corrected chi connectivity index (χ2v) is 8.39. The third-order valence-corrected chi connectivity index (χ3v) is 5.84. The summed E-state index contributed by atoms with van der Waals surface area (Å²) in [5.41, 5.74) is 1.74. The number of fused-ring (bicyclic) bond motifs is 1. The van der Waals surface area contributed by atoms with E-state index in [-0.39, 0.29) is 11.5 Å². The molecule has 5 rings (SSSR count). The Balaban J connectivity index is 0.000000376. The molecule has 1 amide bonds. The van der Waals surface area contributed by atoms with E-state index >= 15 is 0 Å². The van der Waals surface area contributed by atoms with E-state index < -0.39 is 5.97 Å². The second-order valence-electron chi connectivity index (χ2n) is 7.36. The summed E-state index contributed by atoms with van der Waals surface area (Å²) >= 11 is 1.34. The Bertz CT molecular complexity index is 1210. The van der Waals surface area contributed by atoms with Crippen molar-refractivity contribution in [2.24, 2.45) is 4.99 Å². The number of aromatic nitrogens is 1. The van der Waals surface area contributed by atoms with E-state index in [0.29, 0.717) is 32.8 Å². The van der Waals surface area contributed by atoms with E-state index in [2.05, 4.69) is 15.3 Å². The Morgan fingerprint density at radius 1 is 1.15 bits per heavy atom. The Morgan fingerprint density at radius 3 is 2.45 bits per heavy atom. The van der Waals surface area contributed by atoms with Gasteiger partial charge in [0.2, 0.25) is 0 Å². The highest BCUT2D eigenvalue weighted by atomic mass is 32.2. The lowest BCUT2D eigenvalue weighted by Gasteiger charge is -2.10. The number of nitrogens with one attached hydrogen (secondary N) is 1. The maximum Gasteiger partial charge on any atom is 0.343 e. The fourth-order valence-electron chi connectivity index (χ4n) is 3.15. The summed E-state index contributed by atoms with van der Waals surface area (Å²) in [6.07, 6.45) is 5.39. The number of aliphatic imine (C=N–C) groups is 1. The number of amidine groups is 1. The number of nitrogens with zero attached hydrogens (tertiary/aromatic N) is 2. The topological polar surface area (TPSA) is 89.9 Å². The molecule has 1 saturated heterocycles. The minimum Gasteiger partial charge on any atom is -0.495 e. The average Bonchev–Trinajstić information content (AvgIpc) is 3.60. The van der Waals surface area contributed by atoms with Crippen molar-refractivity contribution in [1.29, 1.82) is 0 Å². The molecule has 2 fully saturated rings. The molecule has 7 nitrogen and oxygen atoms in total. The lowest BCUT2D eigenvalue weighted by Crippen LogP contribution is -2.20. The minimum atomic E-state index is -0.517. The number of carbonyl (C=O) groups excluding carboxylic acids is 2. The van der Waals surface area contributed by atoms with Crippen molar-refractivity contribution in [1.82, 2.24) is 10.3 Å². The molecule has 0 unspecified atom stereocenters. The SMILES string of the molecule is COC(=O)c1cnc2ccc(/C=C3\SC(=NC4CC4)NC3=O)cc2c1OC.c1ccccc1. The molecule has 33 heavy (non-hydrogen) atoms. The summed E-state index contributed by atoms with van der Waals surface area (Å²) in [6, 6.07) is 17.9. The molecule has 8 heteroatoms. The van der Waals surface area contributed by atoms with Crippen LogP contribution in [0.25, 0.3) is 17.0 Å². The first-order valence-corrected chi connectivity index (χ1v) is 11.2. The van der Waals surface area contributed by atoms with Gasteiger partial charge in [-0.3, -0.25) is 14.8 Å². The number of amides is 1. The van der Waals surface area contributed by atoms with Crippen LogP contribution in [0.1, 0.15) is 28.8 Å². The molecule has 3 aromatic rings. The Labute approximate surface area is 195 Å². The van der Waals surface area contributed by atoms with Gasteiger partial charge in [-0.2, -0.15) is 0 Å². The van der Waals surface area contributed by atoms with Crippen molar-refractivity contribution >= 4 is 45.8 Å². The summed E-state index contributed by atoms with van der Waals surface area (Å²) in [4.78, 5) is 33.5. The highest BCUT2D eigenvalue weighted by Gasteiger charge is 2.28. The number of methoxy groups -OCH3 is 2. The van der Waals surface area contributed by atoms with Gasteiger partial charge in [-0.1, -0.05) is 42.5 Å². The molecule has 0 radical (unpaired) electrons. The van der Waals surface area contributed by atoms with Crippen molar-refractivity contribution in [3.05, 3.63) is 76.8 Å². The molecule has 1 aliphatic heterocycles. The standard InChI is InChI=1S/C19H17N3O4S.C6H6/c1-25-16-12-7-10(3-6-14(12)20-9-13(16)18(24)26-2)8-15-17(23)22-19(27-15)21-11-4-5-11;1-2-4-6-5-3-1/h3,6-9,11H,4-5H2,1-2H3,(H,21,22,23);1-6H/b15-8-;. The predicted molar refractivity (Wildman–Crippen MR) is 130 cm³/mol. The number of ether oxygens (including phenoxy) is 2. The van der Waals surface area contributed by atoms with Gasteiger partial charge in [-0.25, -0.2) is 4.79 Å². The van der Waals surface area contributed by atoms with Gasteiger partial charge in [0.25, 0.3) is 5.91 Å². The lowest BCUT2D eigenvalue weighted by atomic mass is 10.1. The fourth-order valence-corrected chi connectivity index (χ4v) is 4.04. The van der Waals surface area contributed by atoms with Crippen LogP contribution in [0.5, 0.6) is 5.75 Å². The van der Waals surface area contributed by atoms with Crippen LogP contribution in [-0.2, 0) is 9.53 Å². The van der Waals surface area contributed by atoms with E-state index in [1.165, 1.54) is 32.2 Å². The molecule has 1 aromatic heterocycles. The summed E-state index contributed by atoms with van der Waals surface area (Å²) in [6.45, 7) is 0. The van der Waals surface area contributed by atoms with Crippen LogP contribution in [-0.4, -0.2) is 42.3 Å². The van der Waals surface area contributed by atoms with E-state index in [4.69, 9.17) is 9.47 Å². The fraction of sp³-hybridized carbons (Fsp3) is 0.200. The zero-order chi connectivity index (χ0) is 23.2. The molecule has 2 aliphatic rings. The maximum atomic E-state index is 12.2. The van der Waals surface area contributed by atoms with Crippen LogP contribution in [0.2, 0.25) is 0 Å². The number of rotatable bonds is 4. The zero-order valence-electron chi connectivity index (χ0n) is 18.3. The largest absolute Gasteiger partial charge is 0.495 e. The first kappa shape index (κ1) is 22.5. The van der Waals surface area contributed by atoms with Crippen molar-refractivity contribution in [3.63, 3.8) is 0 Å². The number of pyridine rings is 1. The van der Waals surface area contributed by atoms with Gasteiger partial charge in [0.05, 0.1) is 30.7 Å². The molecule has 2 aromatic carbocycles. The second kappa shape index (κ2) is 10.3. The maximum absolute atomic E-state index is 12.2. The number of esters is 1. The van der Waals surface area contributed by atoms with Gasteiger partial charge < -0.3 is 14.8 Å². The van der Waals surface area contributed by atoms with Gasteiger partial charge in [0.15, 0.2) is 5.17 Å². The molecule has 0 bridgehead atoms. The normalized spacial score (nSPS) is 17.5. The van der Waals surface area contributed by atoms with Crippen LogP contribution >= 0.6 is 11.8 Å². The summed E-state index contributed by atoms with van der Waals surface area (Å²) in [5, 5.41) is 4.12. The van der Waals surface area contributed by atoms with Crippen LogP contribution in [0.15, 0.2) is 70.7 Å². The predicted octanol–water partition coefficient (Wildman–Crippen LogP) is 4.44. The summed E-state index contributed by atoms with van der Waals surface area (Å²) in [7, 11) is 2.80. The molecule has 0 atom stereocenters. The van der Waals surface area contributed by atoms with E-state index in [1.807, 2.05) is 54.6 Å². The third kappa shape index (κ3) is 5.59. The zero-order valence-corrected chi connectivity index (χ0v) is 19.1. The van der Waals surface area contributed by atoms with Crippen molar-refractivity contribution in [2.75, 3.05) is 14.2 Å². The minimum absolute atomic E-state index is 0.159. The monoisotopic (exact) mass is 461 g/mol. The summed E-state index contributed by atoms with van der Waals surface area (Å²) < 4.78 is 10.2. The number of hydrogen-bond acceptors (Lipinski definition) is 7. The molecule has 0 spiro atoms. The first-order chi connectivity index (χ1) is 16.1. The number of carbonyl (C=O) groups is 2. The van der Waals surface area contributed by atoms with Crippen LogP contribution < -0.4 is 10.1 Å². The molecular formula is C25H23N3O4S. The molecule has 1 aliphatic carbocycles. The number of benzene rings is 2. The lowest BCUT2D eigenvalue weighted by molar-refractivity contribution is -0.115. The van der Waals surface area contributed by atoms with E-state index in [9.17, 15) is 9.59 Å². The van der Waals surface area contributed by atoms with Crippen molar-refractivity contribution < 1.29 is 19.1 Å². The molecule has 168 valence electrons. The first-order valence-electron chi connectivity index (χ1n) is 10.4. The van der Waals surface area contributed by atoms with Crippen LogP contribution in [0.4, 0.5) is 0 Å². The smallest absolute Gasteiger partial charge is 0.343 e. The molecular weight excluding hydrogens is 438 g/mol.